The highest BCUT2D eigenvalue weighted by atomic mass is 16.6. The fourth-order valence-electron chi connectivity index (χ4n) is 1.69. The monoisotopic (exact) mass is 221 g/mol. The highest BCUT2D eigenvalue weighted by molar-refractivity contribution is 5.60. The third-order valence-corrected chi connectivity index (χ3v) is 2.74. The van der Waals surface area contributed by atoms with Crippen molar-refractivity contribution in [1.29, 1.82) is 0 Å². The molecule has 0 aromatic heterocycles. The van der Waals surface area contributed by atoms with Crippen molar-refractivity contribution in [2.24, 2.45) is 5.41 Å². The molecule has 0 unspecified atom stereocenters. The van der Waals surface area contributed by atoms with Gasteiger partial charge in [-0.2, -0.15) is 0 Å². The topological polar surface area (TPSA) is 60.2 Å². The van der Waals surface area contributed by atoms with Gasteiger partial charge in [-0.25, -0.2) is 0 Å². The summed E-state index contributed by atoms with van der Waals surface area (Å²) in [6, 6.07) is 9.13. The number of nitrogens with zero attached hydrogens (tertiary/aromatic N) is 1. The molecule has 0 bridgehead atoms. The first kappa shape index (κ1) is 12.4. The van der Waals surface area contributed by atoms with Gasteiger partial charge in [0.15, 0.2) is 0 Å². The van der Waals surface area contributed by atoms with Crippen LogP contribution < -0.4 is 0 Å². The summed E-state index contributed by atoms with van der Waals surface area (Å²) in [5.74, 6) is -0.388. The Morgan fingerprint density at radius 3 is 2.38 bits per heavy atom. The summed E-state index contributed by atoms with van der Waals surface area (Å²) >= 11 is 0. The minimum absolute atomic E-state index is 0.226. The van der Waals surface area contributed by atoms with E-state index in [-0.39, 0.29) is 17.4 Å². The zero-order chi connectivity index (χ0) is 12.2. The van der Waals surface area contributed by atoms with Gasteiger partial charge in [0, 0.05) is 10.3 Å². The van der Waals surface area contributed by atoms with E-state index in [1.54, 1.807) is 13.8 Å². The Morgan fingerprint density at radius 1 is 1.38 bits per heavy atom. The smallest absolute Gasteiger partial charge is 0.211 e. The van der Waals surface area contributed by atoms with Crippen LogP contribution in [-0.2, 0) is 4.79 Å². The van der Waals surface area contributed by atoms with Crippen LogP contribution in [0.25, 0.3) is 0 Å². The van der Waals surface area contributed by atoms with E-state index < -0.39 is 5.41 Å². The Hall–Kier alpha value is -1.71. The fraction of sp³-hybridized carbons (Fsp3) is 0.417. The Morgan fingerprint density at radius 2 is 1.94 bits per heavy atom. The van der Waals surface area contributed by atoms with Crippen molar-refractivity contribution < 1.29 is 9.72 Å². The molecule has 0 aliphatic heterocycles. The second-order valence-corrected chi connectivity index (χ2v) is 4.42. The first-order chi connectivity index (χ1) is 7.47. The molecule has 0 fully saturated rings. The lowest BCUT2D eigenvalue weighted by molar-refractivity contribution is -0.485. The number of carbonyl (C=O) groups is 1. The second kappa shape index (κ2) is 4.88. The van der Waals surface area contributed by atoms with Crippen molar-refractivity contribution in [3.05, 3.63) is 46.0 Å². The molecule has 0 radical (unpaired) electrons. The van der Waals surface area contributed by atoms with E-state index in [9.17, 15) is 14.9 Å². The number of hydrogen-bond acceptors (Lipinski definition) is 3. The molecule has 0 N–H and O–H groups in total. The highest BCUT2D eigenvalue weighted by Crippen LogP contribution is 2.33. The molecule has 0 amide bonds. The Kier molecular flexibility index (Phi) is 3.77. The summed E-state index contributed by atoms with van der Waals surface area (Å²) in [5, 5.41) is 10.6. The van der Waals surface area contributed by atoms with Gasteiger partial charge in [-0.15, -0.1) is 0 Å². The number of aldehydes is 1. The molecule has 0 heterocycles. The van der Waals surface area contributed by atoms with Crippen LogP contribution >= 0.6 is 0 Å². The molecule has 4 heteroatoms. The maximum atomic E-state index is 11.0. The van der Waals surface area contributed by atoms with Crippen molar-refractivity contribution in [1.82, 2.24) is 0 Å². The van der Waals surface area contributed by atoms with Crippen LogP contribution in [0.1, 0.15) is 25.3 Å². The average molecular weight is 221 g/mol. The van der Waals surface area contributed by atoms with Crippen LogP contribution in [0.2, 0.25) is 0 Å². The van der Waals surface area contributed by atoms with Crippen LogP contribution in [-0.4, -0.2) is 17.8 Å². The van der Waals surface area contributed by atoms with E-state index in [2.05, 4.69) is 0 Å². The molecular formula is C12H15NO3. The number of benzene rings is 1. The lowest BCUT2D eigenvalue weighted by Gasteiger charge is -2.26. The number of hydrogen-bond donors (Lipinski definition) is 0. The Labute approximate surface area is 94.4 Å². The average Bonchev–Trinajstić information content (AvgIpc) is 2.27. The maximum absolute atomic E-state index is 11.0. The van der Waals surface area contributed by atoms with E-state index in [1.807, 2.05) is 30.3 Å². The van der Waals surface area contributed by atoms with Gasteiger partial charge in [0.25, 0.3) is 0 Å². The SMILES string of the molecule is CC(C)(C=O)[C@H](C[N+](=O)[O-])c1ccccc1. The van der Waals surface area contributed by atoms with E-state index in [0.29, 0.717) is 0 Å². The first-order valence-corrected chi connectivity index (χ1v) is 5.10. The third kappa shape index (κ3) is 2.89. The first-order valence-electron chi connectivity index (χ1n) is 5.10. The van der Waals surface area contributed by atoms with Crippen molar-refractivity contribution in [2.75, 3.05) is 6.54 Å². The van der Waals surface area contributed by atoms with Crippen molar-refractivity contribution in [2.45, 2.75) is 19.8 Å². The molecule has 1 aromatic carbocycles. The van der Waals surface area contributed by atoms with E-state index in [0.717, 1.165) is 11.8 Å². The summed E-state index contributed by atoms with van der Waals surface area (Å²) < 4.78 is 0. The highest BCUT2D eigenvalue weighted by Gasteiger charge is 2.34. The summed E-state index contributed by atoms with van der Waals surface area (Å²) in [5.41, 5.74) is 0.102. The van der Waals surface area contributed by atoms with Gasteiger partial charge in [-0.05, 0) is 5.56 Å². The zero-order valence-corrected chi connectivity index (χ0v) is 9.42. The van der Waals surface area contributed by atoms with Crippen LogP contribution in [0.4, 0.5) is 0 Å². The summed E-state index contributed by atoms with van der Waals surface area (Å²) in [7, 11) is 0. The van der Waals surface area contributed by atoms with Gasteiger partial charge in [0.05, 0.1) is 5.92 Å². The number of rotatable bonds is 5. The summed E-state index contributed by atoms with van der Waals surface area (Å²) in [6.45, 7) is 3.22. The van der Waals surface area contributed by atoms with Gasteiger partial charge < -0.3 is 4.79 Å². The van der Waals surface area contributed by atoms with E-state index in [4.69, 9.17) is 0 Å². The van der Waals surface area contributed by atoms with Crippen LogP contribution in [0.3, 0.4) is 0 Å². The molecular weight excluding hydrogens is 206 g/mol. The van der Waals surface area contributed by atoms with Gasteiger partial charge in [-0.1, -0.05) is 44.2 Å². The molecule has 1 aromatic rings. The van der Waals surface area contributed by atoms with Gasteiger partial charge in [0.1, 0.15) is 6.29 Å². The molecule has 86 valence electrons. The maximum Gasteiger partial charge on any atom is 0.211 e. The minimum atomic E-state index is -0.728. The van der Waals surface area contributed by atoms with Gasteiger partial charge in [0.2, 0.25) is 6.54 Å². The van der Waals surface area contributed by atoms with Gasteiger partial charge >= 0.3 is 0 Å². The molecule has 4 nitrogen and oxygen atoms in total. The van der Waals surface area contributed by atoms with E-state index >= 15 is 0 Å². The third-order valence-electron chi connectivity index (χ3n) is 2.74. The van der Waals surface area contributed by atoms with Crippen LogP contribution in [0.5, 0.6) is 0 Å². The molecule has 0 aliphatic rings. The Balaban J connectivity index is 3.06. The number of carbonyl (C=O) groups excluding carboxylic acids is 1. The molecule has 16 heavy (non-hydrogen) atoms. The minimum Gasteiger partial charge on any atom is -0.303 e. The van der Waals surface area contributed by atoms with Crippen molar-refractivity contribution in [3.63, 3.8) is 0 Å². The molecule has 1 atom stereocenters. The molecule has 0 saturated heterocycles. The largest absolute Gasteiger partial charge is 0.303 e. The lowest BCUT2D eigenvalue weighted by Crippen LogP contribution is -2.29. The Bertz CT molecular complexity index is 373. The predicted molar refractivity (Wildman–Crippen MR) is 60.9 cm³/mol. The molecule has 0 spiro atoms. The fourth-order valence-corrected chi connectivity index (χ4v) is 1.69. The standard InChI is InChI=1S/C12H15NO3/c1-12(2,9-14)11(8-13(15)16)10-6-4-3-5-7-10/h3-7,9,11H,8H2,1-2H3/t11-/m1/s1. The lowest BCUT2D eigenvalue weighted by atomic mass is 9.76. The van der Waals surface area contributed by atoms with E-state index in [1.165, 1.54) is 0 Å². The molecule has 0 aliphatic carbocycles. The quantitative estimate of drug-likeness (QED) is 0.435. The molecule has 0 saturated carbocycles. The normalized spacial score (nSPS) is 13.1. The predicted octanol–water partition coefficient (Wildman–Crippen LogP) is 2.27. The van der Waals surface area contributed by atoms with Crippen molar-refractivity contribution in [3.8, 4) is 0 Å². The van der Waals surface area contributed by atoms with Crippen LogP contribution in [0.15, 0.2) is 30.3 Å². The van der Waals surface area contributed by atoms with Crippen molar-refractivity contribution >= 4 is 6.29 Å². The number of nitro groups is 1. The zero-order valence-electron chi connectivity index (χ0n) is 9.42. The van der Waals surface area contributed by atoms with Gasteiger partial charge in [-0.3, -0.25) is 10.1 Å². The summed E-state index contributed by atoms with van der Waals surface area (Å²) in [6.07, 6.45) is 0.786. The van der Waals surface area contributed by atoms with Crippen LogP contribution in [0, 0.1) is 15.5 Å². The second-order valence-electron chi connectivity index (χ2n) is 4.42. The summed E-state index contributed by atoms with van der Waals surface area (Å²) in [4.78, 5) is 21.3. The molecule has 1 rings (SSSR count).